The predicted octanol–water partition coefficient (Wildman–Crippen LogP) is 1.75. The highest BCUT2D eigenvalue weighted by Gasteiger charge is 2.14. The molecule has 1 heterocycles. The van der Waals surface area contributed by atoms with E-state index in [9.17, 15) is 0 Å². The van der Waals surface area contributed by atoms with Crippen molar-refractivity contribution >= 4 is 0 Å². The smallest absolute Gasteiger partial charge is 0.125 e. The molecule has 2 nitrogen and oxygen atoms in total. The van der Waals surface area contributed by atoms with Gasteiger partial charge in [0.2, 0.25) is 0 Å². The van der Waals surface area contributed by atoms with Crippen LogP contribution >= 0.6 is 0 Å². The third-order valence-corrected chi connectivity index (χ3v) is 3.64. The molecule has 17 heavy (non-hydrogen) atoms. The van der Waals surface area contributed by atoms with E-state index in [0.717, 1.165) is 12.4 Å². The summed E-state index contributed by atoms with van der Waals surface area (Å²) in [5.74, 6) is 1.09. The van der Waals surface area contributed by atoms with Crippen molar-refractivity contribution in [2.75, 3.05) is 26.2 Å². The molecule has 0 atom stereocenters. The summed E-state index contributed by atoms with van der Waals surface area (Å²) in [6.45, 7) is 9.09. The second-order valence-electron chi connectivity index (χ2n) is 5.13. The zero-order chi connectivity index (χ0) is 12.1. The fourth-order valence-electron chi connectivity index (χ4n) is 2.65. The Labute approximate surface area is 105 Å². The van der Waals surface area contributed by atoms with E-state index in [4.69, 9.17) is 4.74 Å². The van der Waals surface area contributed by atoms with Gasteiger partial charge >= 0.3 is 0 Å². The molecule has 1 N–H and O–H groups in total. The zero-order valence-corrected chi connectivity index (χ0v) is 11.1. The van der Waals surface area contributed by atoms with Crippen molar-refractivity contribution in [2.45, 2.75) is 33.1 Å². The predicted molar refractivity (Wildman–Crippen MR) is 70.8 cm³/mol. The maximum atomic E-state index is 5.91. The van der Waals surface area contributed by atoms with E-state index in [1.54, 1.807) is 4.90 Å². The molecule has 1 saturated heterocycles. The molecule has 1 aromatic rings. The highest BCUT2D eigenvalue weighted by molar-refractivity contribution is 5.39. The lowest BCUT2D eigenvalue weighted by molar-refractivity contribution is -0.887. The minimum absolute atomic E-state index is 0.856. The second-order valence-corrected chi connectivity index (χ2v) is 5.13. The number of nitrogens with one attached hydrogen (secondary N) is 1. The number of quaternary nitrogens is 1. The van der Waals surface area contributed by atoms with Gasteiger partial charge in [0.25, 0.3) is 0 Å². The molecule has 0 unspecified atom stereocenters. The zero-order valence-electron chi connectivity index (χ0n) is 11.1. The number of hydrogen-bond donors (Lipinski definition) is 1. The van der Waals surface area contributed by atoms with Gasteiger partial charge in [-0.2, -0.15) is 0 Å². The van der Waals surface area contributed by atoms with Gasteiger partial charge in [-0.3, -0.25) is 0 Å². The normalized spacial score (nSPS) is 16.4. The Morgan fingerprint density at radius 1 is 1.12 bits per heavy atom. The van der Waals surface area contributed by atoms with Crippen molar-refractivity contribution in [1.29, 1.82) is 0 Å². The van der Waals surface area contributed by atoms with Crippen LogP contribution in [0.1, 0.15) is 30.4 Å². The molecule has 0 saturated carbocycles. The molecule has 1 fully saturated rings. The largest absolute Gasteiger partial charge is 0.493 e. The molecule has 1 aliphatic heterocycles. The summed E-state index contributed by atoms with van der Waals surface area (Å²) in [4.78, 5) is 1.76. The fraction of sp³-hybridized carbons (Fsp3) is 0.600. The quantitative estimate of drug-likeness (QED) is 0.766. The second kappa shape index (κ2) is 6.06. The Morgan fingerprint density at radius 3 is 2.41 bits per heavy atom. The molecule has 2 heteroatoms. The molecule has 0 radical (unpaired) electrons. The summed E-state index contributed by atoms with van der Waals surface area (Å²) in [6, 6.07) is 6.33. The maximum absolute atomic E-state index is 5.91. The minimum Gasteiger partial charge on any atom is -0.493 e. The number of rotatable bonds is 5. The molecule has 0 aliphatic carbocycles. The van der Waals surface area contributed by atoms with Crippen molar-refractivity contribution in [1.82, 2.24) is 0 Å². The van der Waals surface area contributed by atoms with E-state index in [0.29, 0.717) is 0 Å². The SMILES string of the molecule is Cc1cccc(C)c1OCCC[NH+]1CCCC1. The minimum atomic E-state index is 0.856. The molecule has 1 aliphatic rings. The molecule has 0 bridgehead atoms. The molecule has 0 aromatic heterocycles. The van der Waals surface area contributed by atoms with Crippen LogP contribution < -0.4 is 9.64 Å². The summed E-state index contributed by atoms with van der Waals surface area (Å²) < 4.78 is 5.91. The maximum Gasteiger partial charge on any atom is 0.125 e. The third kappa shape index (κ3) is 3.47. The van der Waals surface area contributed by atoms with Crippen molar-refractivity contribution in [2.24, 2.45) is 0 Å². The monoisotopic (exact) mass is 234 g/mol. The van der Waals surface area contributed by atoms with E-state index in [-0.39, 0.29) is 0 Å². The van der Waals surface area contributed by atoms with Crippen LogP contribution in [0.25, 0.3) is 0 Å². The Hall–Kier alpha value is -1.02. The summed E-state index contributed by atoms with van der Waals surface area (Å²) in [6.07, 6.45) is 3.99. The van der Waals surface area contributed by atoms with E-state index >= 15 is 0 Å². The van der Waals surface area contributed by atoms with Gasteiger partial charge in [0, 0.05) is 19.3 Å². The average Bonchev–Trinajstić information content (AvgIpc) is 2.80. The molecule has 2 rings (SSSR count). The first kappa shape index (κ1) is 12.4. The number of benzene rings is 1. The summed E-state index contributed by atoms with van der Waals surface area (Å²) >= 11 is 0. The van der Waals surface area contributed by atoms with E-state index in [1.807, 2.05) is 0 Å². The number of hydrogen-bond acceptors (Lipinski definition) is 1. The lowest BCUT2D eigenvalue weighted by atomic mass is 10.1. The van der Waals surface area contributed by atoms with Crippen molar-refractivity contribution in [3.05, 3.63) is 29.3 Å². The van der Waals surface area contributed by atoms with Crippen molar-refractivity contribution < 1.29 is 9.64 Å². The number of ether oxygens (including phenoxy) is 1. The van der Waals surface area contributed by atoms with Gasteiger partial charge in [-0.1, -0.05) is 18.2 Å². The van der Waals surface area contributed by atoms with Gasteiger partial charge in [0.1, 0.15) is 5.75 Å². The van der Waals surface area contributed by atoms with Crippen LogP contribution in [0.3, 0.4) is 0 Å². The first-order chi connectivity index (χ1) is 8.27. The molecule has 0 spiro atoms. The Kier molecular flexibility index (Phi) is 4.43. The van der Waals surface area contributed by atoms with Gasteiger partial charge in [0.05, 0.1) is 26.2 Å². The van der Waals surface area contributed by atoms with Crippen molar-refractivity contribution in [3.8, 4) is 5.75 Å². The van der Waals surface area contributed by atoms with Gasteiger partial charge in [-0.25, -0.2) is 0 Å². The summed E-state index contributed by atoms with van der Waals surface area (Å²) in [7, 11) is 0. The van der Waals surface area contributed by atoms with Gasteiger partial charge in [-0.05, 0) is 25.0 Å². The Morgan fingerprint density at radius 2 is 1.76 bits per heavy atom. The highest BCUT2D eigenvalue weighted by atomic mass is 16.5. The third-order valence-electron chi connectivity index (χ3n) is 3.64. The lowest BCUT2D eigenvalue weighted by Crippen LogP contribution is -3.10. The van der Waals surface area contributed by atoms with Crippen LogP contribution in [0.15, 0.2) is 18.2 Å². The van der Waals surface area contributed by atoms with Crippen LogP contribution in [-0.2, 0) is 0 Å². The van der Waals surface area contributed by atoms with Crippen LogP contribution in [-0.4, -0.2) is 26.2 Å². The first-order valence-corrected chi connectivity index (χ1v) is 6.80. The van der Waals surface area contributed by atoms with Crippen LogP contribution in [0.4, 0.5) is 0 Å². The lowest BCUT2D eigenvalue weighted by Gasteiger charge is -2.14. The highest BCUT2D eigenvalue weighted by Crippen LogP contribution is 2.22. The standard InChI is InChI=1S/C15H23NO/c1-13-7-5-8-14(2)15(13)17-12-6-11-16-9-3-4-10-16/h5,7-8H,3-4,6,9-12H2,1-2H3/p+1. The average molecular weight is 234 g/mol. The van der Waals surface area contributed by atoms with Crippen LogP contribution in [0.5, 0.6) is 5.75 Å². The summed E-state index contributed by atoms with van der Waals surface area (Å²) in [5.41, 5.74) is 2.50. The number of para-hydroxylation sites is 1. The topological polar surface area (TPSA) is 13.7 Å². The first-order valence-electron chi connectivity index (χ1n) is 6.80. The fourth-order valence-corrected chi connectivity index (χ4v) is 2.65. The summed E-state index contributed by atoms with van der Waals surface area (Å²) in [5, 5.41) is 0. The molecular formula is C15H24NO+. The van der Waals surface area contributed by atoms with E-state index in [2.05, 4.69) is 32.0 Å². The van der Waals surface area contributed by atoms with E-state index < -0.39 is 0 Å². The Balaban J connectivity index is 1.74. The Bertz CT molecular complexity index is 336. The van der Waals surface area contributed by atoms with Gasteiger partial charge in [0.15, 0.2) is 0 Å². The van der Waals surface area contributed by atoms with Gasteiger partial charge in [-0.15, -0.1) is 0 Å². The molecular weight excluding hydrogens is 210 g/mol. The molecule has 0 amide bonds. The molecule has 94 valence electrons. The van der Waals surface area contributed by atoms with Gasteiger partial charge < -0.3 is 9.64 Å². The number of aryl methyl sites for hydroxylation is 2. The number of likely N-dealkylation sites (tertiary alicyclic amines) is 1. The molecule has 1 aromatic carbocycles. The van der Waals surface area contributed by atoms with Crippen LogP contribution in [0.2, 0.25) is 0 Å². The van der Waals surface area contributed by atoms with Crippen molar-refractivity contribution in [3.63, 3.8) is 0 Å². The van der Waals surface area contributed by atoms with Crippen LogP contribution in [0, 0.1) is 13.8 Å². The van der Waals surface area contributed by atoms with E-state index in [1.165, 1.54) is 50.0 Å².